The van der Waals surface area contributed by atoms with E-state index in [0.29, 0.717) is 45.2 Å². The van der Waals surface area contributed by atoms with Gasteiger partial charge in [-0.15, -0.1) is 0 Å². The Bertz CT molecular complexity index is 1520. The van der Waals surface area contributed by atoms with Gasteiger partial charge in [0.15, 0.2) is 11.5 Å². The van der Waals surface area contributed by atoms with Crippen LogP contribution < -0.4 is 24.8 Å². The highest BCUT2D eigenvalue weighted by Crippen LogP contribution is 2.39. The Morgan fingerprint density at radius 3 is 2.58 bits per heavy atom. The number of halogens is 1. The van der Waals surface area contributed by atoms with Crippen molar-refractivity contribution in [2.24, 2.45) is 0 Å². The van der Waals surface area contributed by atoms with Crippen LogP contribution in [0.25, 0.3) is 0 Å². The van der Waals surface area contributed by atoms with E-state index >= 15 is 0 Å². The van der Waals surface area contributed by atoms with Gasteiger partial charge in [0.25, 0.3) is 5.91 Å². The Kier molecular flexibility index (Phi) is 7.19. The van der Waals surface area contributed by atoms with Crippen molar-refractivity contribution in [1.82, 2.24) is 14.8 Å². The van der Waals surface area contributed by atoms with Gasteiger partial charge in [-0.25, -0.2) is 4.68 Å². The first-order valence-electron chi connectivity index (χ1n) is 11.9. The van der Waals surface area contributed by atoms with Crippen LogP contribution in [-0.4, -0.2) is 34.9 Å². The second kappa shape index (κ2) is 10.9. The first-order chi connectivity index (χ1) is 18.5. The molecule has 0 fully saturated rings. The largest absolute Gasteiger partial charge is 0.495 e. The highest BCUT2D eigenvalue weighted by Gasteiger charge is 2.34. The molecule has 2 heterocycles. The molecule has 1 aliphatic rings. The molecular weight excluding hydrogens is 506 g/mol. The Morgan fingerprint density at radius 1 is 1.03 bits per heavy atom. The van der Waals surface area contributed by atoms with E-state index in [1.807, 2.05) is 61.5 Å². The van der Waals surface area contributed by atoms with E-state index in [9.17, 15) is 4.79 Å². The van der Waals surface area contributed by atoms with E-state index in [0.717, 1.165) is 11.1 Å². The van der Waals surface area contributed by atoms with Crippen LogP contribution in [0.15, 0.2) is 84.3 Å². The first-order valence-corrected chi connectivity index (χ1v) is 12.2. The van der Waals surface area contributed by atoms with Gasteiger partial charge in [-0.2, -0.15) is 10.1 Å². The van der Waals surface area contributed by atoms with Crippen molar-refractivity contribution in [1.29, 1.82) is 0 Å². The fourth-order valence-corrected chi connectivity index (χ4v) is 4.57. The molecule has 0 saturated carbocycles. The third-order valence-corrected chi connectivity index (χ3v) is 6.61. The number of carbonyl (C=O) groups excluding carboxylic acids is 1. The number of rotatable bonds is 8. The van der Waals surface area contributed by atoms with Gasteiger partial charge in [0.1, 0.15) is 24.7 Å². The van der Waals surface area contributed by atoms with Crippen LogP contribution in [0.2, 0.25) is 5.02 Å². The standard InChI is InChI=1S/C28H26ClN5O4/c1-17-25(27(35)33-21-10-6-7-11-22(21)36-2)26(34-28(32-17)30-16-31-34)18-12-13-23(24(14-18)37-3)38-15-19-8-4-5-9-20(19)29/h4-14,16,26H,15H2,1-3H3,(H,33,35)(H,30,31,32). The van der Waals surface area contributed by atoms with Crippen LogP contribution in [0.1, 0.15) is 24.1 Å². The SMILES string of the molecule is COc1ccccc1NC(=O)C1=C(C)Nc2ncnn2C1c1ccc(OCc2ccccc2Cl)c(OC)c1. The molecule has 1 amide bonds. The second-order valence-electron chi connectivity index (χ2n) is 8.54. The maximum absolute atomic E-state index is 13.7. The number of ether oxygens (including phenoxy) is 3. The van der Waals surface area contributed by atoms with Crippen LogP contribution in [0.3, 0.4) is 0 Å². The van der Waals surface area contributed by atoms with E-state index in [1.54, 1.807) is 31.0 Å². The average Bonchev–Trinajstić information content (AvgIpc) is 3.40. The predicted octanol–water partition coefficient (Wildman–Crippen LogP) is 5.46. The lowest BCUT2D eigenvalue weighted by atomic mass is 9.94. The van der Waals surface area contributed by atoms with E-state index < -0.39 is 6.04 Å². The predicted molar refractivity (Wildman–Crippen MR) is 145 cm³/mol. The summed E-state index contributed by atoms with van der Waals surface area (Å²) < 4.78 is 18.8. The molecule has 194 valence electrons. The summed E-state index contributed by atoms with van der Waals surface area (Å²) in [6.45, 7) is 2.11. The summed E-state index contributed by atoms with van der Waals surface area (Å²) in [5.74, 6) is 1.84. The lowest BCUT2D eigenvalue weighted by Gasteiger charge is -2.29. The lowest BCUT2D eigenvalue weighted by molar-refractivity contribution is -0.113. The van der Waals surface area contributed by atoms with Gasteiger partial charge in [-0.3, -0.25) is 4.79 Å². The molecule has 5 rings (SSSR count). The minimum atomic E-state index is -0.574. The molecule has 1 atom stereocenters. The summed E-state index contributed by atoms with van der Waals surface area (Å²) in [6.07, 6.45) is 1.45. The number of hydrogen-bond donors (Lipinski definition) is 2. The quantitative estimate of drug-likeness (QED) is 0.311. The molecule has 0 spiro atoms. The van der Waals surface area contributed by atoms with Crippen molar-refractivity contribution in [3.05, 3.63) is 100 Å². The summed E-state index contributed by atoms with van der Waals surface area (Å²) in [5, 5.41) is 11.2. The van der Waals surface area contributed by atoms with E-state index in [4.69, 9.17) is 25.8 Å². The first kappa shape index (κ1) is 25.2. The monoisotopic (exact) mass is 531 g/mol. The number of carbonyl (C=O) groups is 1. The van der Waals surface area contributed by atoms with Crippen molar-refractivity contribution < 1.29 is 19.0 Å². The lowest BCUT2D eigenvalue weighted by Crippen LogP contribution is -2.31. The Morgan fingerprint density at radius 2 is 1.79 bits per heavy atom. The Labute approximate surface area is 225 Å². The molecule has 3 aromatic carbocycles. The van der Waals surface area contributed by atoms with Crippen LogP contribution in [0, 0.1) is 0 Å². The fourth-order valence-electron chi connectivity index (χ4n) is 4.38. The van der Waals surface area contributed by atoms with Crippen LogP contribution in [0.4, 0.5) is 11.6 Å². The molecule has 2 N–H and O–H groups in total. The number of nitrogens with one attached hydrogen (secondary N) is 2. The molecule has 1 aliphatic heterocycles. The van der Waals surface area contributed by atoms with Gasteiger partial charge in [0.05, 0.1) is 25.5 Å². The van der Waals surface area contributed by atoms with E-state index in [1.165, 1.54) is 6.33 Å². The zero-order chi connectivity index (χ0) is 26.6. The topological polar surface area (TPSA) is 99.5 Å². The van der Waals surface area contributed by atoms with Gasteiger partial charge >= 0.3 is 0 Å². The maximum Gasteiger partial charge on any atom is 0.255 e. The number of aromatic nitrogens is 3. The van der Waals surface area contributed by atoms with Gasteiger partial charge < -0.3 is 24.8 Å². The third-order valence-electron chi connectivity index (χ3n) is 6.24. The number of nitrogens with zero attached hydrogens (tertiary/aromatic N) is 3. The zero-order valence-electron chi connectivity index (χ0n) is 21.1. The molecule has 0 bridgehead atoms. The van der Waals surface area contributed by atoms with Crippen molar-refractivity contribution in [2.45, 2.75) is 19.6 Å². The van der Waals surface area contributed by atoms with Crippen molar-refractivity contribution >= 4 is 29.1 Å². The molecule has 9 nitrogen and oxygen atoms in total. The zero-order valence-corrected chi connectivity index (χ0v) is 21.8. The summed E-state index contributed by atoms with van der Waals surface area (Å²) >= 11 is 6.28. The van der Waals surface area contributed by atoms with Crippen LogP contribution in [-0.2, 0) is 11.4 Å². The van der Waals surface area contributed by atoms with Gasteiger partial charge in [0, 0.05) is 16.3 Å². The number of hydrogen-bond acceptors (Lipinski definition) is 7. The van der Waals surface area contributed by atoms with Gasteiger partial charge in [0.2, 0.25) is 5.95 Å². The Balaban J connectivity index is 1.49. The van der Waals surface area contributed by atoms with Crippen molar-refractivity contribution in [3.8, 4) is 17.2 Å². The van der Waals surface area contributed by atoms with E-state index in [-0.39, 0.29) is 12.5 Å². The number of methoxy groups -OCH3 is 2. The second-order valence-corrected chi connectivity index (χ2v) is 8.95. The number of benzene rings is 3. The number of fused-ring (bicyclic) bond motifs is 1. The summed E-state index contributed by atoms with van der Waals surface area (Å²) in [6, 6.07) is 19.7. The van der Waals surface area contributed by atoms with Gasteiger partial charge in [-0.05, 0) is 42.8 Å². The normalized spacial score (nSPS) is 14.4. The van der Waals surface area contributed by atoms with Gasteiger partial charge in [-0.1, -0.05) is 48.0 Å². The molecular formula is C28H26ClN5O4. The van der Waals surface area contributed by atoms with Crippen LogP contribution >= 0.6 is 11.6 Å². The molecule has 38 heavy (non-hydrogen) atoms. The van der Waals surface area contributed by atoms with Crippen LogP contribution in [0.5, 0.6) is 17.2 Å². The molecule has 0 radical (unpaired) electrons. The minimum absolute atomic E-state index is 0.279. The molecule has 4 aromatic rings. The van der Waals surface area contributed by atoms with Crippen molar-refractivity contribution in [3.63, 3.8) is 0 Å². The van der Waals surface area contributed by atoms with E-state index in [2.05, 4.69) is 20.7 Å². The number of allylic oxidation sites excluding steroid dienone is 1. The average molecular weight is 532 g/mol. The molecule has 0 saturated heterocycles. The Hall–Kier alpha value is -4.50. The highest BCUT2D eigenvalue weighted by atomic mass is 35.5. The smallest absolute Gasteiger partial charge is 0.255 e. The highest BCUT2D eigenvalue weighted by molar-refractivity contribution is 6.31. The van der Waals surface area contributed by atoms with Crippen molar-refractivity contribution in [2.75, 3.05) is 24.9 Å². The number of anilines is 2. The number of amides is 1. The molecule has 1 unspecified atom stereocenters. The molecule has 1 aromatic heterocycles. The summed E-state index contributed by atoms with van der Waals surface area (Å²) in [5.41, 5.74) is 3.32. The fraction of sp³-hybridized carbons (Fsp3) is 0.179. The summed E-state index contributed by atoms with van der Waals surface area (Å²) in [4.78, 5) is 18.0. The third kappa shape index (κ3) is 4.88. The summed E-state index contributed by atoms with van der Waals surface area (Å²) in [7, 11) is 3.13. The number of para-hydroxylation sites is 2. The molecule has 0 aliphatic carbocycles. The molecule has 10 heteroatoms. The maximum atomic E-state index is 13.7. The minimum Gasteiger partial charge on any atom is -0.495 e.